The minimum atomic E-state index is -3.77. The van der Waals surface area contributed by atoms with Crippen molar-refractivity contribution in [2.75, 3.05) is 10.6 Å². The molecular weight excluding hydrogens is 342 g/mol. The Kier molecular flexibility index (Phi) is 5.58. The maximum atomic E-state index is 11.6. The van der Waals surface area contributed by atoms with Crippen molar-refractivity contribution in [2.45, 2.75) is 32.1 Å². The molecule has 0 amide bonds. The van der Waals surface area contributed by atoms with Gasteiger partial charge in [-0.05, 0) is 67.4 Å². The maximum absolute atomic E-state index is 11.6. The van der Waals surface area contributed by atoms with E-state index < -0.39 is 10.0 Å². The van der Waals surface area contributed by atoms with Gasteiger partial charge in [0, 0.05) is 11.4 Å². The van der Waals surface area contributed by atoms with E-state index in [1.54, 1.807) is 6.07 Å². The predicted molar refractivity (Wildman–Crippen MR) is 103 cm³/mol. The summed E-state index contributed by atoms with van der Waals surface area (Å²) in [5.74, 6) is 0. The number of aryl methyl sites for hydroxylation is 2. The summed E-state index contributed by atoms with van der Waals surface area (Å²) in [6.45, 7) is 5.80. The molecule has 2 rings (SSSR count). The van der Waals surface area contributed by atoms with E-state index in [9.17, 15) is 8.42 Å². The fourth-order valence-corrected chi connectivity index (χ4v) is 3.19. The molecule has 4 N–H and O–H groups in total. The first-order chi connectivity index (χ1) is 11.2. The quantitative estimate of drug-likeness (QED) is 0.726. The molecule has 2 aromatic carbocycles. The van der Waals surface area contributed by atoms with E-state index in [0.29, 0.717) is 10.8 Å². The van der Waals surface area contributed by atoms with Crippen LogP contribution in [-0.2, 0) is 16.4 Å². The minimum absolute atomic E-state index is 0.0601. The molecule has 0 aliphatic rings. The van der Waals surface area contributed by atoms with E-state index in [2.05, 4.69) is 17.6 Å². The third-order valence-corrected chi connectivity index (χ3v) is 4.96. The normalized spacial score (nSPS) is 11.2. The fraction of sp³-hybridized carbons (Fsp3) is 0.235. The zero-order valence-corrected chi connectivity index (χ0v) is 15.5. The molecular formula is C17H21N3O2S2. The molecule has 5 nitrogen and oxygen atoms in total. The molecule has 0 heterocycles. The van der Waals surface area contributed by atoms with Crippen LogP contribution in [0.25, 0.3) is 0 Å². The summed E-state index contributed by atoms with van der Waals surface area (Å²) in [7, 11) is -3.77. The second kappa shape index (κ2) is 7.29. The first-order valence-electron chi connectivity index (χ1n) is 7.52. The number of para-hydroxylation sites is 1. The minimum Gasteiger partial charge on any atom is -0.332 e. The van der Waals surface area contributed by atoms with Gasteiger partial charge in [0.15, 0.2) is 5.11 Å². The lowest BCUT2D eigenvalue weighted by Crippen LogP contribution is -2.21. The van der Waals surface area contributed by atoms with Crippen LogP contribution in [0.3, 0.4) is 0 Å². The van der Waals surface area contributed by atoms with Gasteiger partial charge < -0.3 is 10.6 Å². The number of hydrogen-bond acceptors (Lipinski definition) is 3. The van der Waals surface area contributed by atoms with Crippen molar-refractivity contribution in [1.82, 2.24) is 0 Å². The highest BCUT2D eigenvalue weighted by Crippen LogP contribution is 2.24. The van der Waals surface area contributed by atoms with E-state index in [-0.39, 0.29) is 4.90 Å². The van der Waals surface area contributed by atoms with Crippen molar-refractivity contribution in [3.05, 3.63) is 53.1 Å². The molecule has 24 heavy (non-hydrogen) atoms. The number of primary sulfonamides is 1. The predicted octanol–water partition coefficient (Wildman–Crippen LogP) is 3.32. The smallest absolute Gasteiger partial charge is 0.238 e. The number of benzene rings is 2. The number of hydrogen-bond donors (Lipinski definition) is 3. The summed E-state index contributed by atoms with van der Waals surface area (Å²) in [4.78, 5) is 0.0601. The number of thiocarbonyl (C=S) groups is 1. The third-order valence-electron chi connectivity index (χ3n) is 3.86. The maximum Gasteiger partial charge on any atom is 0.238 e. The van der Waals surface area contributed by atoms with Crippen molar-refractivity contribution in [1.29, 1.82) is 0 Å². The largest absolute Gasteiger partial charge is 0.332 e. The van der Waals surface area contributed by atoms with Gasteiger partial charge in [0.05, 0.1) is 4.90 Å². The Morgan fingerprint density at radius 1 is 1.12 bits per heavy atom. The highest BCUT2D eigenvalue weighted by Gasteiger charge is 2.13. The number of nitrogens with two attached hydrogens (primary N) is 1. The van der Waals surface area contributed by atoms with Crippen molar-refractivity contribution in [3.8, 4) is 0 Å². The van der Waals surface area contributed by atoms with Crippen LogP contribution in [0.5, 0.6) is 0 Å². The van der Waals surface area contributed by atoms with Crippen LogP contribution < -0.4 is 15.8 Å². The monoisotopic (exact) mass is 363 g/mol. The van der Waals surface area contributed by atoms with Crippen molar-refractivity contribution in [3.63, 3.8) is 0 Å². The van der Waals surface area contributed by atoms with Crippen LogP contribution in [0.2, 0.25) is 0 Å². The van der Waals surface area contributed by atoms with Crippen LogP contribution in [0.1, 0.15) is 23.6 Å². The molecule has 0 aliphatic heterocycles. The SMILES string of the molecule is CCc1ccccc1NC(=S)Nc1cc(S(N)(=O)=O)cc(C)c1C. The number of anilines is 2. The Bertz CT molecular complexity index is 877. The molecule has 128 valence electrons. The van der Waals surface area contributed by atoms with Gasteiger partial charge in [-0.15, -0.1) is 0 Å². The number of rotatable bonds is 4. The van der Waals surface area contributed by atoms with Gasteiger partial charge in [-0.3, -0.25) is 0 Å². The lowest BCUT2D eigenvalue weighted by Gasteiger charge is -2.16. The molecule has 0 unspecified atom stereocenters. The van der Waals surface area contributed by atoms with Crippen LogP contribution in [0.15, 0.2) is 41.3 Å². The molecule has 7 heteroatoms. The summed E-state index contributed by atoms with van der Waals surface area (Å²) < 4.78 is 23.2. The molecule has 0 radical (unpaired) electrons. The molecule has 0 aliphatic carbocycles. The van der Waals surface area contributed by atoms with Crippen molar-refractivity contribution >= 4 is 38.7 Å². The molecule has 0 bridgehead atoms. The molecule has 0 spiro atoms. The van der Waals surface area contributed by atoms with E-state index >= 15 is 0 Å². The van der Waals surface area contributed by atoms with Gasteiger partial charge in [0.2, 0.25) is 10.0 Å². The van der Waals surface area contributed by atoms with Crippen LogP contribution in [-0.4, -0.2) is 13.5 Å². The second-order valence-electron chi connectivity index (χ2n) is 5.55. The summed E-state index contributed by atoms with van der Waals surface area (Å²) in [5.41, 5.74) is 4.42. The lowest BCUT2D eigenvalue weighted by atomic mass is 10.1. The van der Waals surface area contributed by atoms with E-state index in [1.807, 2.05) is 38.1 Å². The Hall–Kier alpha value is -1.96. The van der Waals surface area contributed by atoms with E-state index in [1.165, 1.54) is 6.07 Å². The van der Waals surface area contributed by atoms with Gasteiger partial charge in [-0.1, -0.05) is 25.1 Å². The molecule has 0 atom stereocenters. The van der Waals surface area contributed by atoms with Gasteiger partial charge in [-0.2, -0.15) is 0 Å². The van der Waals surface area contributed by atoms with Crippen molar-refractivity contribution < 1.29 is 8.42 Å². The zero-order chi connectivity index (χ0) is 17.9. The van der Waals surface area contributed by atoms with Gasteiger partial charge >= 0.3 is 0 Å². The van der Waals surface area contributed by atoms with Gasteiger partial charge in [0.25, 0.3) is 0 Å². The summed E-state index contributed by atoms with van der Waals surface area (Å²) in [6, 6.07) is 10.9. The topological polar surface area (TPSA) is 84.2 Å². The third kappa shape index (κ3) is 4.31. The van der Waals surface area contributed by atoms with Gasteiger partial charge in [-0.25, -0.2) is 13.6 Å². The first-order valence-corrected chi connectivity index (χ1v) is 9.47. The summed E-state index contributed by atoms with van der Waals surface area (Å²) in [6.07, 6.45) is 0.880. The van der Waals surface area contributed by atoms with E-state index in [4.69, 9.17) is 17.4 Å². The van der Waals surface area contributed by atoms with Crippen LogP contribution in [0.4, 0.5) is 11.4 Å². The highest BCUT2D eigenvalue weighted by atomic mass is 32.2. The first kappa shape index (κ1) is 18.4. The molecule has 2 aromatic rings. The number of nitrogens with one attached hydrogen (secondary N) is 2. The van der Waals surface area contributed by atoms with Crippen molar-refractivity contribution in [2.24, 2.45) is 5.14 Å². The average Bonchev–Trinajstić information content (AvgIpc) is 2.51. The lowest BCUT2D eigenvalue weighted by molar-refractivity contribution is 0.597. The standard InChI is InChI=1S/C17H21N3O2S2/c1-4-13-7-5-6-8-15(13)19-17(23)20-16-10-14(24(18,21)22)9-11(2)12(16)3/h5-10H,4H2,1-3H3,(H2,18,21,22)(H2,19,20,23). The molecule has 0 fully saturated rings. The zero-order valence-electron chi connectivity index (χ0n) is 13.9. The fourth-order valence-electron chi connectivity index (χ4n) is 2.35. The molecule has 0 aromatic heterocycles. The highest BCUT2D eigenvalue weighted by molar-refractivity contribution is 7.89. The second-order valence-corrected chi connectivity index (χ2v) is 7.52. The average molecular weight is 364 g/mol. The van der Waals surface area contributed by atoms with Crippen LogP contribution >= 0.6 is 12.2 Å². The number of sulfonamides is 1. The van der Waals surface area contributed by atoms with Crippen LogP contribution in [0, 0.1) is 13.8 Å². The Morgan fingerprint density at radius 2 is 1.75 bits per heavy atom. The van der Waals surface area contributed by atoms with Gasteiger partial charge in [0.1, 0.15) is 0 Å². The Balaban J connectivity index is 2.27. The Labute approximate surface area is 148 Å². The Morgan fingerprint density at radius 3 is 2.38 bits per heavy atom. The molecule has 0 saturated heterocycles. The summed E-state index contributed by atoms with van der Waals surface area (Å²) >= 11 is 5.36. The summed E-state index contributed by atoms with van der Waals surface area (Å²) in [5, 5.41) is 11.8. The van der Waals surface area contributed by atoms with E-state index in [0.717, 1.165) is 28.8 Å². The molecule has 0 saturated carbocycles.